The summed E-state index contributed by atoms with van der Waals surface area (Å²) in [6.45, 7) is 5.11. The van der Waals surface area contributed by atoms with Gasteiger partial charge in [-0.25, -0.2) is 0 Å². The number of nitrogens with one attached hydrogen (secondary N) is 1. The van der Waals surface area contributed by atoms with Crippen LogP contribution in [0.1, 0.15) is 46.0 Å². The molecule has 5 nitrogen and oxygen atoms in total. The Balaban J connectivity index is 2.29. The Labute approximate surface area is 114 Å². The Kier molecular flexibility index (Phi) is 6.84. The summed E-state index contributed by atoms with van der Waals surface area (Å²) in [5.41, 5.74) is 0. The van der Waals surface area contributed by atoms with E-state index in [2.05, 4.69) is 5.32 Å². The van der Waals surface area contributed by atoms with Crippen LogP contribution in [-0.4, -0.2) is 36.2 Å². The van der Waals surface area contributed by atoms with E-state index in [1.807, 2.05) is 13.8 Å². The molecule has 0 aromatic heterocycles. The van der Waals surface area contributed by atoms with Gasteiger partial charge >= 0.3 is 5.97 Å². The number of hydrogen-bond donors (Lipinski definition) is 2. The molecule has 1 aliphatic rings. The van der Waals surface area contributed by atoms with Gasteiger partial charge < -0.3 is 15.2 Å². The minimum Gasteiger partial charge on any atom is -0.481 e. The molecule has 0 heterocycles. The monoisotopic (exact) mass is 271 g/mol. The van der Waals surface area contributed by atoms with Crippen LogP contribution in [0.3, 0.4) is 0 Å². The molecule has 1 amide bonds. The average molecular weight is 271 g/mol. The molecule has 1 saturated carbocycles. The Morgan fingerprint density at radius 3 is 2.47 bits per heavy atom. The predicted molar refractivity (Wildman–Crippen MR) is 71.8 cm³/mol. The normalized spacial score (nSPS) is 23.3. The molecule has 0 unspecified atom stereocenters. The van der Waals surface area contributed by atoms with Crippen molar-refractivity contribution in [3.63, 3.8) is 0 Å². The molecule has 0 spiro atoms. The number of amides is 1. The van der Waals surface area contributed by atoms with E-state index in [9.17, 15) is 9.59 Å². The van der Waals surface area contributed by atoms with Gasteiger partial charge in [-0.05, 0) is 33.1 Å². The van der Waals surface area contributed by atoms with Gasteiger partial charge in [0.25, 0.3) is 0 Å². The fraction of sp³-hybridized carbons (Fsp3) is 0.857. The fourth-order valence-electron chi connectivity index (χ4n) is 2.47. The van der Waals surface area contributed by atoms with Crippen molar-refractivity contribution in [1.29, 1.82) is 0 Å². The predicted octanol–water partition coefficient (Wildman–Crippen LogP) is 1.81. The maximum atomic E-state index is 12.0. The van der Waals surface area contributed by atoms with Crippen molar-refractivity contribution in [3.8, 4) is 0 Å². The molecule has 0 aromatic carbocycles. The topological polar surface area (TPSA) is 75.6 Å². The van der Waals surface area contributed by atoms with Crippen LogP contribution in [-0.2, 0) is 14.3 Å². The third kappa shape index (κ3) is 5.59. The highest BCUT2D eigenvalue weighted by molar-refractivity contribution is 5.84. The zero-order chi connectivity index (χ0) is 14.3. The van der Waals surface area contributed by atoms with Gasteiger partial charge in [0.2, 0.25) is 5.91 Å². The summed E-state index contributed by atoms with van der Waals surface area (Å²) >= 11 is 0. The molecule has 5 heteroatoms. The Hall–Kier alpha value is -1.10. The van der Waals surface area contributed by atoms with Crippen molar-refractivity contribution in [3.05, 3.63) is 0 Å². The van der Waals surface area contributed by atoms with E-state index in [4.69, 9.17) is 9.84 Å². The SMILES string of the molecule is CC(C)OCCCNC(=O)[C@@H]1CCCC[C@H]1C(=O)O. The third-order valence-electron chi connectivity index (χ3n) is 3.49. The van der Waals surface area contributed by atoms with E-state index in [0.717, 1.165) is 19.3 Å². The van der Waals surface area contributed by atoms with Crippen molar-refractivity contribution in [2.24, 2.45) is 11.8 Å². The maximum Gasteiger partial charge on any atom is 0.307 e. The van der Waals surface area contributed by atoms with E-state index in [1.54, 1.807) is 0 Å². The second kappa shape index (κ2) is 8.15. The van der Waals surface area contributed by atoms with Crippen LogP contribution in [0, 0.1) is 11.8 Å². The van der Waals surface area contributed by atoms with Gasteiger partial charge in [-0.2, -0.15) is 0 Å². The lowest BCUT2D eigenvalue weighted by molar-refractivity contribution is -0.148. The highest BCUT2D eigenvalue weighted by Gasteiger charge is 2.35. The van der Waals surface area contributed by atoms with Gasteiger partial charge in [0.15, 0.2) is 0 Å². The summed E-state index contributed by atoms with van der Waals surface area (Å²) < 4.78 is 5.38. The van der Waals surface area contributed by atoms with Crippen LogP contribution in [0.2, 0.25) is 0 Å². The van der Waals surface area contributed by atoms with E-state index >= 15 is 0 Å². The van der Waals surface area contributed by atoms with Crippen LogP contribution in [0.4, 0.5) is 0 Å². The minimum atomic E-state index is -0.844. The maximum absolute atomic E-state index is 12.0. The van der Waals surface area contributed by atoms with Gasteiger partial charge in [-0.3, -0.25) is 9.59 Å². The quantitative estimate of drug-likeness (QED) is 0.692. The van der Waals surface area contributed by atoms with Crippen LogP contribution in [0.5, 0.6) is 0 Å². The molecule has 0 aliphatic heterocycles. The van der Waals surface area contributed by atoms with Gasteiger partial charge in [0.05, 0.1) is 17.9 Å². The number of aliphatic carboxylic acids is 1. The summed E-state index contributed by atoms with van der Waals surface area (Å²) in [5, 5.41) is 12.0. The second-order valence-electron chi connectivity index (χ2n) is 5.40. The van der Waals surface area contributed by atoms with Crippen molar-refractivity contribution in [1.82, 2.24) is 5.32 Å². The first kappa shape index (κ1) is 16.0. The molecule has 0 saturated heterocycles. The van der Waals surface area contributed by atoms with Crippen LogP contribution in [0.25, 0.3) is 0 Å². The van der Waals surface area contributed by atoms with Crippen molar-refractivity contribution >= 4 is 11.9 Å². The van der Waals surface area contributed by atoms with E-state index in [1.165, 1.54) is 0 Å². The van der Waals surface area contributed by atoms with Gasteiger partial charge in [0.1, 0.15) is 0 Å². The average Bonchev–Trinajstić information content (AvgIpc) is 2.37. The molecule has 0 bridgehead atoms. The smallest absolute Gasteiger partial charge is 0.307 e. The molecule has 110 valence electrons. The highest BCUT2D eigenvalue weighted by atomic mass is 16.5. The lowest BCUT2D eigenvalue weighted by Gasteiger charge is -2.27. The number of hydrogen-bond acceptors (Lipinski definition) is 3. The Morgan fingerprint density at radius 2 is 1.89 bits per heavy atom. The first-order valence-electron chi connectivity index (χ1n) is 7.14. The standard InChI is InChI=1S/C14H25NO4/c1-10(2)19-9-5-8-15-13(16)11-6-3-4-7-12(11)14(17)18/h10-12H,3-9H2,1-2H3,(H,15,16)(H,17,18)/t11-,12-/m1/s1. The second-order valence-corrected chi connectivity index (χ2v) is 5.40. The zero-order valence-electron chi connectivity index (χ0n) is 11.9. The van der Waals surface area contributed by atoms with Crippen molar-refractivity contribution in [2.75, 3.05) is 13.2 Å². The number of carboxylic acids is 1. The molecular formula is C14H25NO4. The molecule has 1 aliphatic carbocycles. The van der Waals surface area contributed by atoms with E-state index < -0.39 is 11.9 Å². The molecule has 1 fully saturated rings. The summed E-state index contributed by atoms with van der Waals surface area (Å²) in [6, 6.07) is 0. The number of rotatable bonds is 7. The number of carbonyl (C=O) groups excluding carboxylic acids is 1. The molecule has 2 N–H and O–H groups in total. The molecule has 0 aromatic rings. The summed E-state index contributed by atoms with van der Waals surface area (Å²) in [4.78, 5) is 23.1. The minimum absolute atomic E-state index is 0.114. The summed E-state index contributed by atoms with van der Waals surface area (Å²) in [7, 11) is 0. The number of carbonyl (C=O) groups is 2. The van der Waals surface area contributed by atoms with Crippen molar-refractivity contribution < 1.29 is 19.4 Å². The first-order chi connectivity index (χ1) is 9.02. The van der Waals surface area contributed by atoms with E-state index in [0.29, 0.717) is 26.0 Å². The molecule has 1 rings (SSSR count). The Morgan fingerprint density at radius 1 is 1.26 bits per heavy atom. The summed E-state index contributed by atoms with van der Waals surface area (Å²) in [6.07, 6.45) is 4.11. The van der Waals surface area contributed by atoms with Crippen molar-refractivity contribution in [2.45, 2.75) is 52.1 Å². The Bertz CT molecular complexity index is 304. The highest BCUT2D eigenvalue weighted by Crippen LogP contribution is 2.30. The van der Waals surface area contributed by atoms with Gasteiger partial charge in [0, 0.05) is 13.2 Å². The number of ether oxygens (including phenoxy) is 1. The lowest BCUT2D eigenvalue weighted by Crippen LogP contribution is -2.40. The summed E-state index contributed by atoms with van der Waals surface area (Å²) in [5.74, 6) is -1.84. The van der Waals surface area contributed by atoms with Crippen LogP contribution >= 0.6 is 0 Å². The van der Waals surface area contributed by atoms with Gasteiger partial charge in [-0.15, -0.1) is 0 Å². The molecule has 2 atom stereocenters. The largest absolute Gasteiger partial charge is 0.481 e. The number of carboxylic acid groups (broad SMARTS) is 1. The third-order valence-corrected chi connectivity index (χ3v) is 3.49. The zero-order valence-corrected chi connectivity index (χ0v) is 11.9. The molecule has 0 radical (unpaired) electrons. The molecular weight excluding hydrogens is 246 g/mol. The van der Waals surface area contributed by atoms with Crippen LogP contribution < -0.4 is 5.32 Å². The lowest BCUT2D eigenvalue weighted by atomic mass is 9.79. The molecule has 19 heavy (non-hydrogen) atoms. The first-order valence-corrected chi connectivity index (χ1v) is 7.14. The van der Waals surface area contributed by atoms with E-state index in [-0.39, 0.29) is 17.9 Å². The fourth-order valence-corrected chi connectivity index (χ4v) is 2.47. The van der Waals surface area contributed by atoms with Crippen LogP contribution in [0.15, 0.2) is 0 Å². The van der Waals surface area contributed by atoms with Gasteiger partial charge in [-0.1, -0.05) is 12.8 Å².